The summed E-state index contributed by atoms with van der Waals surface area (Å²) in [7, 11) is 0. The molecule has 2 bridgehead atoms. The highest BCUT2D eigenvalue weighted by atomic mass is 16.6. The van der Waals surface area contributed by atoms with Crippen molar-refractivity contribution >= 4 is 6.09 Å². The van der Waals surface area contributed by atoms with Gasteiger partial charge in [0.25, 0.3) is 0 Å². The van der Waals surface area contributed by atoms with Crippen molar-refractivity contribution in [1.29, 1.82) is 0 Å². The van der Waals surface area contributed by atoms with Crippen molar-refractivity contribution < 1.29 is 14.6 Å². The second-order valence-electron chi connectivity index (χ2n) is 8.18. The number of benzene rings is 1. The first-order chi connectivity index (χ1) is 11.9. The lowest BCUT2D eigenvalue weighted by atomic mass is 9.99. The summed E-state index contributed by atoms with van der Waals surface area (Å²) in [6, 6.07) is 10.9. The highest BCUT2D eigenvalue weighted by Gasteiger charge is 2.49. The molecule has 2 saturated heterocycles. The van der Waals surface area contributed by atoms with E-state index in [1.807, 2.05) is 31.7 Å². The Morgan fingerprint density at radius 2 is 1.96 bits per heavy atom. The van der Waals surface area contributed by atoms with E-state index in [0.717, 1.165) is 25.9 Å². The number of hydrogen-bond donors (Lipinski definition) is 1. The van der Waals surface area contributed by atoms with E-state index in [1.165, 1.54) is 5.56 Å². The van der Waals surface area contributed by atoms with E-state index < -0.39 is 5.60 Å². The average Bonchev–Trinajstić information content (AvgIpc) is 2.87. The SMILES string of the molecule is CC(C)(C)OC(=O)N1[C@H]2CC[C@@H]1[C@@H](CCO)N(Cc1ccccc1)C2. The zero-order chi connectivity index (χ0) is 18.0. The number of fused-ring (bicyclic) bond motifs is 2. The van der Waals surface area contributed by atoms with E-state index in [4.69, 9.17) is 4.74 Å². The van der Waals surface area contributed by atoms with Crippen LogP contribution < -0.4 is 0 Å². The van der Waals surface area contributed by atoms with E-state index in [0.29, 0.717) is 6.42 Å². The second kappa shape index (κ2) is 7.34. The minimum atomic E-state index is -0.482. The number of amides is 1. The Morgan fingerprint density at radius 3 is 2.60 bits per heavy atom. The van der Waals surface area contributed by atoms with E-state index in [2.05, 4.69) is 29.2 Å². The van der Waals surface area contributed by atoms with Crippen molar-refractivity contribution in [3.05, 3.63) is 35.9 Å². The summed E-state index contributed by atoms with van der Waals surface area (Å²) in [5.41, 5.74) is 0.792. The molecule has 0 radical (unpaired) electrons. The lowest BCUT2D eigenvalue weighted by molar-refractivity contribution is -0.0286. The van der Waals surface area contributed by atoms with Crippen LogP contribution in [0.1, 0.15) is 45.6 Å². The zero-order valence-electron chi connectivity index (χ0n) is 15.5. The average molecular weight is 346 g/mol. The number of hydrogen-bond acceptors (Lipinski definition) is 4. The number of aliphatic hydroxyl groups is 1. The van der Waals surface area contributed by atoms with Crippen molar-refractivity contribution in [1.82, 2.24) is 9.80 Å². The maximum atomic E-state index is 12.7. The molecule has 0 spiro atoms. The summed E-state index contributed by atoms with van der Waals surface area (Å²) in [6.45, 7) is 7.56. The fraction of sp³-hybridized carbons (Fsp3) is 0.650. The highest BCUT2D eigenvalue weighted by molar-refractivity contribution is 5.70. The highest BCUT2D eigenvalue weighted by Crippen LogP contribution is 2.37. The summed E-state index contributed by atoms with van der Waals surface area (Å²) in [4.78, 5) is 17.1. The Balaban J connectivity index is 1.77. The van der Waals surface area contributed by atoms with Crippen LogP contribution in [-0.4, -0.2) is 57.9 Å². The first kappa shape index (κ1) is 18.2. The van der Waals surface area contributed by atoms with Crippen LogP contribution in [0.3, 0.4) is 0 Å². The van der Waals surface area contributed by atoms with Gasteiger partial charge >= 0.3 is 6.09 Å². The third-order valence-corrected chi connectivity index (χ3v) is 5.16. The summed E-state index contributed by atoms with van der Waals surface area (Å²) >= 11 is 0. The van der Waals surface area contributed by atoms with Crippen molar-refractivity contribution in [2.24, 2.45) is 0 Å². The Bertz CT molecular complexity index is 584. The van der Waals surface area contributed by atoms with Gasteiger partial charge < -0.3 is 9.84 Å². The molecule has 25 heavy (non-hydrogen) atoms. The largest absolute Gasteiger partial charge is 0.444 e. The summed E-state index contributed by atoms with van der Waals surface area (Å²) in [5.74, 6) is 0. The second-order valence-corrected chi connectivity index (χ2v) is 8.18. The number of rotatable bonds is 4. The van der Waals surface area contributed by atoms with Crippen molar-refractivity contribution in [3.63, 3.8) is 0 Å². The number of ether oxygens (including phenoxy) is 1. The maximum Gasteiger partial charge on any atom is 0.410 e. The molecule has 3 atom stereocenters. The molecule has 1 amide bonds. The van der Waals surface area contributed by atoms with Gasteiger partial charge in [0.05, 0.1) is 6.04 Å². The number of piperazine rings is 1. The quantitative estimate of drug-likeness (QED) is 0.910. The Hall–Kier alpha value is -1.59. The number of nitrogens with zero attached hydrogens (tertiary/aromatic N) is 2. The van der Waals surface area contributed by atoms with Crippen LogP contribution in [-0.2, 0) is 11.3 Å². The third-order valence-electron chi connectivity index (χ3n) is 5.16. The molecule has 2 fully saturated rings. The molecule has 0 saturated carbocycles. The lowest BCUT2D eigenvalue weighted by Gasteiger charge is -2.47. The Kier molecular flexibility index (Phi) is 5.35. The van der Waals surface area contributed by atoms with Crippen LogP contribution in [0.15, 0.2) is 30.3 Å². The molecule has 1 aromatic rings. The molecule has 2 aliphatic rings. The predicted octanol–water partition coefficient (Wildman–Crippen LogP) is 3.02. The molecule has 5 nitrogen and oxygen atoms in total. The van der Waals surface area contributed by atoms with Crippen LogP contribution in [0.5, 0.6) is 0 Å². The van der Waals surface area contributed by atoms with Gasteiger partial charge in [-0.15, -0.1) is 0 Å². The molecule has 0 unspecified atom stereocenters. The van der Waals surface area contributed by atoms with Crippen LogP contribution in [0, 0.1) is 0 Å². The van der Waals surface area contributed by atoms with Crippen molar-refractivity contribution in [3.8, 4) is 0 Å². The van der Waals surface area contributed by atoms with Gasteiger partial charge in [-0.2, -0.15) is 0 Å². The fourth-order valence-corrected chi connectivity index (χ4v) is 4.22. The number of aliphatic hydroxyl groups excluding tert-OH is 1. The van der Waals surface area contributed by atoms with Crippen molar-refractivity contribution in [2.45, 2.75) is 70.3 Å². The number of carbonyl (C=O) groups is 1. The van der Waals surface area contributed by atoms with Crippen LogP contribution >= 0.6 is 0 Å². The molecule has 1 N–H and O–H groups in total. The molecule has 0 aliphatic carbocycles. The van der Waals surface area contributed by atoms with E-state index in [-0.39, 0.29) is 30.8 Å². The molecule has 138 valence electrons. The van der Waals surface area contributed by atoms with Gasteiger partial charge in [-0.3, -0.25) is 9.80 Å². The summed E-state index contributed by atoms with van der Waals surface area (Å²) in [5, 5.41) is 9.58. The minimum absolute atomic E-state index is 0.129. The molecular formula is C20H30N2O3. The first-order valence-corrected chi connectivity index (χ1v) is 9.29. The lowest BCUT2D eigenvalue weighted by Crippen LogP contribution is -2.61. The van der Waals surface area contributed by atoms with Gasteiger partial charge in [-0.25, -0.2) is 4.79 Å². The van der Waals surface area contributed by atoms with Crippen LogP contribution in [0.25, 0.3) is 0 Å². The minimum Gasteiger partial charge on any atom is -0.444 e. The fourth-order valence-electron chi connectivity index (χ4n) is 4.22. The van der Waals surface area contributed by atoms with Gasteiger partial charge in [0.2, 0.25) is 0 Å². The van der Waals surface area contributed by atoms with E-state index in [1.54, 1.807) is 0 Å². The predicted molar refractivity (Wildman–Crippen MR) is 97.2 cm³/mol. The van der Waals surface area contributed by atoms with E-state index in [9.17, 15) is 9.90 Å². The van der Waals surface area contributed by atoms with Crippen LogP contribution in [0.4, 0.5) is 4.79 Å². The molecule has 1 aromatic carbocycles. The molecule has 5 heteroatoms. The molecular weight excluding hydrogens is 316 g/mol. The topological polar surface area (TPSA) is 53.0 Å². The Morgan fingerprint density at radius 1 is 1.24 bits per heavy atom. The Labute approximate surface area is 150 Å². The molecule has 3 rings (SSSR count). The van der Waals surface area contributed by atoms with Crippen molar-refractivity contribution in [2.75, 3.05) is 13.2 Å². The summed E-state index contributed by atoms with van der Waals surface area (Å²) < 4.78 is 5.64. The van der Waals surface area contributed by atoms with Gasteiger partial charge in [0, 0.05) is 31.8 Å². The van der Waals surface area contributed by atoms with E-state index >= 15 is 0 Å². The third kappa shape index (κ3) is 4.15. The number of carbonyl (C=O) groups excluding carboxylic acids is 1. The van der Waals surface area contributed by atoms with Gasteiger partial charge in [0.1, 0.15) is 5.60 Å². The zero-order valence-corrected chi connectivity index (χ0v) is 15.5. The normalized spacial score (nSPS) is 26.7. The van der Waals surface area contributed by atoms with Crippen LogP contribution in [0.2, 0.25) is 0 Å². The van der Waals surface area contributed by atoms with Gasteiger partial charge in [-0.1, -0.05) is 30.3 Å². The molecule has 0 aromatic heterocycles. The standard InChI is InChI=1S/C20H30N2O3/c1-20(2,3)25-19(24)22-16-9-10-18(22)17(11-12-23)21(14-16)13-15-7-5-4-6-8-15/h4-8,16-18,23H,9-14H2,1-3H3/t16-,17+,18+/m0/s1. The summed E-state index contributed by atoms with van der Waals surface area (Å²) in [6.07, 6.45) is 2.47. The monoisotopic (exact) mass is 346 g/mol. The number of likely N-dealkylation sites (tertiary alicyclic amines) is 1. The smallest absolute Gasteiger partial charge is 0.410 e. The molecule has 2 aliphatic heterocycles. The van der Waals surface area contributed by atoms with Gasteiger partial charge in [0.15, 0.2) is 0 Å². The van der Waals surface area contributed by atoms with Gasteiger partial charge in [-0.05, 0) is 45.6 Å². The maximum absolute atomic E-state index is 12.7. The first-order valence-electron chi connectivity index (χ1n) is 9.29. The molecule has 2 heterocycles.